The van der Waals surface area contributed by atoms with Crippen molar-refractivity contribution in [3.8, 4) is 12.3 Å². The molecule has 1 N–H and O–H groups in total. The van der Waals surface area contributed by atoms with Crippen LogP contribution in [0.25, 0.3) is 0 Å². The average Bonchev–Trinajstić information content (AvgIpc) is 2.39. The van der Waals surface area contributed by atoms with Crippen molar-refractivity contribution in [3.63, 3.8) is 0 Å². The summed E-state index contributed by atoms with van der Waals surface area (Å²) in [6, 6.07) is 8.89. The molecule has 1 unspecified atom stereocenters. The highest BCUT2D eigenvalue weighted by Gasteiger charge is 2.06. The zero-order valence-electron chi connectivity index (χ0n) is 13.3. The summed E-state index contributed by atoms with van der Waals surface area (Å²) in [5, 5.41) is 3.52. The van der Waals surface area contributed by atoms with Crippen molar-refractivity contribution in [2.45, 2.75) is 33.2 Å². The van der Waals surface area contributed by atoms with Gasteiger partial charge in [-0.1, -0.05) is 51.0 Å². The molecule has 2 heteroatoms. The summed E-state index contributed by atoms with van der Waals surface area (Å²) in [4.78, 5) is 2.14. The maximum atomic E-state index is 5.32. The fourth-order valence-corrected chi connectivity index (χ4v) is 2.18. The van der Waals surface area contributed by atoms with Crippen LogP contribution in [0.5, 0.6) is 0 Å². The Morgan fingerprint density at radius 1 is 1.15 bits per heavy atom. The first-order chi connectivity index (χ1) is 9.52. The number of nitrogens with zero attached hydrogens (tertiary/aromatic N) is 1. The third-order valence-electron chi connectivity index (χ3n) is 3.37. The standard InChI is InChI=1S/C18H28N2/c1-6-11-20(5)14-17-7-9-18(10-8-17)16(4)13-19-12-15(2)3/h1,7-10,15-16,19H,11-14H2,2-5H3. The van der Waals surface area contributed by atoms with Crippen LogP contribution in [-0.2, 0) is 6.54 Å². The van der Waals surface area contributed by atoms with E-state index >= 15 is 0 Å². The van der Waals surface area contributed by atoms with Crippen LogP contribution in [0.3, 0.4) is 0 Å². The van der Waals surface area contributed by atoms with Gasteiger partial charge in [0.25, 0.3) is 0 Å². The van der Waals surface area contributed by atoms with Crippen LogP contribution in [-0.4, -0.2) is 31.6 Å². The number of rotatable bonds is 8. The van der Waals surface area contributed by atoms with Gasteiger partial charge >= 0.3 is 0 Å². The predicted molar refractivity (Wildman–Crippen MR) is 87.7 cm³/mol. The van der Waals surface area contributed by atoms with Gasteiger partial charge in [-0.3, -0.25) is 4.90 Å². The van der Waals surface area contributed by atoms with Gasteiger partial charge in [-0.15, -0.1) is 6.42 Å². The maximum absolute atomic E-state index is 5.32. The molecule has 0 radical (unpaired) electrons. The molecule has 0 saturated heterocycles. The summed E-state index contributed by atoms with van der Waals surface area (Å²) in [5.41, 5.74) is 2.71. The molecule has 0 amide bonds. The molecule has 0 fully saturated rings. The maximum Gasteiger partial charge on any atom is 0.0599 e. The van der Waals surface area contributed by atoms with E-state index in [4.69, 9.17) is 6.42 Å². The third kappa shape index (κ3) is 6.23. The molecule has 20 heavy (non-hydrogen) atoms. The summed E-state index contributed by atoms with van der Waals surface area (Å²) in [6.45, 7) is 10.5. The lowest BCUT2D eigenvalue weighted by Crippen LogP contribution is -2.24. The van der Waals surface area contributed by atoms with E-state index in [1.54, 1.807) is 0 Å². The van der Waals surface area contributed by atoms with Crippen molar-refractivity contribution in [3.05, 3.63) is 35.4 Å². The molecule has 1 aromatic rings. The molecule has 110 valence electrons. The highest BCUT2D eigenvalue weighted by atomic mass is 15.1. The summed E-state index contributed by atoms with van der Waals surface area (Å²) < 4.78 is 0. The minimum Gasteiger partial charge on any atom is -0.316 e. The first kappa shape index (κ1) is 16.8. The lowest BCUT2D eigenvalue weighted by Gasteiger charge is -2.16. The minimum atomic E-state index is 0.547. The van der Waals surface area contributed by atoms with Gasteiger partial charge in [0.15, 0.2) is 0 Å². The SMILES string of the molecule is C#CCN(C)Cc1ccc(C(C)CNCC(C)C)cc1. The van der Waals surface area contributed by atoms with Crippen LogP contribution in [0.4, 0.5) is 0 Å². The largest absolute Gasteiger partial charge is 0.316 e. The van der Waals surface area contributed by atoms with Crippen molar-refractivity contribution in [1.29, 1.82) is 0 Å². The first-order valence-electron chi connectivity index (χ1n) is 7.44. The van der Waals surface area contributed by atoms with Gasteiger partial charge in [-0.25, -0.2) is 0 Å². The number of nitrogens with one attached hydrogen (secondary N) is 1. The predicted octanol–water partition coefficient (Wildman–Crippen LogP) is 3.10. The molecule has 2 nitrogen and oxygen atoms in total. The Hall–Kier alpha value is -1.30. The van der Waals surface area contributed by atoms with Crippen molar-refractivity contribution in [2.24, 2.45) is 5.92 Å². The van der Waals surface area contributed by atoms with Crippen molar-refractivity contribution >= 4 is 0 Å². The lowest BCUT2D eigenvalue weighted by molar-refractivity contribution is 0.369. The van der Waals surface area contributed by atoms with Gasteiger partial charge in [0.1, 0.15) is 0 Å². The minimum absolute atomic E-state index is 0.547. The quantitative estimate of drug-likeness (QED) is 0.732. The molecule has 1 rings (SSSR count). The zero-order valence-corrected chi connectivity index (χ0v) is 13.3. The van der Waals surface area contributed by atoms with Gasteiger partial charge in [0.05, 0.1) is 6.54 Å². The van der Waals surface area contributed by atoms with E-state index in [1.807, 2.05) is 7.05 Å². The van der Waals surface area contributed by atoms with Crippen LogP contribution in [0.1, 0.15) is 37.8 Å². The van der Waals surface area contributed by atoms with Crippen LogP contribution < -0.4 is 5.32 Å². The molecule has 0 bridgehead atoms. The Morgan fingerprint density at radius 3 is 2.35 bits per heavy atom. The molecular weight excluding hydrogens is 244 g/mol. The summed E-state index contributed by atoms with van der Waals surface area (Å²) in [5.74, 6) is 3.92. The molecule has 0 aliphatic carbocycles. The van der Waals surface area contributed by atoms with E-state index in [1.165, 1.54) is 11.1 Å². The molecule has 0 spiro atoms. The fourth-order valence-electron chi connectivity index (χ4n) is 2.18. The van der Waals surface area contributed by atoms with Gasteiger partial charge in [-0.05, 0) is 36.6 Å². The van der Waals surface area contributed by atoms with E-state index in [-0.39, 0.29) is 0 Å². The molecule has 0 aromatic heterocycles. The Kier molecular flexibility index (Phi) is 7.36. The Morgan fingerprint density at radius 2 is 1.80 bits per heavy atom. The van der Waals surface area contributed by atoms with Crippen molar-refractivity contribution in [1.82, 2.24) is 10.2 Å². The Bertz CT molecular complexity index is 414. The van der Waals surface area contributed by atoms with Crippen LogP contribution in [0, 0.1) is 18.3 Å². The normalized spacial score (nSPS) is 12.7. The van der Waals surface area contributed by atoms with Crippen LogP contribution in [0.2, 0.25) is 0 Å². The number of terminal acetylenes is 1. The second-order valence-corrected chi connectivity index (χ2v) is 6.07. The van der Waals surface area contributed by atoms with Gasteiger partial charge in [0, 0.05) is 13.1 Å². The van der Waals surface area contributed by atoms with Gasteiger partial charge in [-0.2, -0.15) is 0 Å². The van der Waals surface area contributed by atoms with Crippen molar-refractivity contribution in [2.75, 3.05) is 26.7 Å². The molecule has 0 aliphatic heterocycles. The van der Waals surface area contributed by atoms with Crippen molar-refractivity contribution < 1.29 is 0 Å². The van der Waals surface area contributed by atoms with E-state index < -0.39 is 0 Å². The van der Waals surface area contributed by atoms with Gasteiger partial charge < -0.3 is 5.32 Å². The Balaban J connectivity index is 2.47. The van der Waals surface area contributed by atoms with Crippen LogP contribution >= 0.6 is 0 Å². The van der Waals surface area contributed by atoms with Crippen LogP contribution in [0.15, 0.2) is 24.3 Å². The lowest BCUT2D eigenvalue weighted by atomic mass is 9.99. The molecular formula is C18H28N2. The monoisotopic (exact) mass is 272 g/mol. The highest BCUT2D eigenvalue weighted by Crippen LogP contribution is 2.16. The number of benzene rings is 1. The second kappa shape index (κ2) is 8.79. The summed E-state index contributed by atoms with van der Waals surface area (Å²) in [6.07, 6.45) is 5.32. The van der Waals surface area contributed by atoms with Gasteiger partial charge in [0.2, 0.25) is 0 Å². The highest BCUT2D eigenvalue weighted by molar-refractivity contribution is 5.25. The fraction of sp³-hybridized carbons (Fsp3) is 0.556. The third-order valence-corrected chi connectivity index (χ3v) is 3.37. The Labute approximate surface area is 124 Å². The first-order valence-corrected chi connectivity index (χ1v) is 7.44. The summed E-state index contributed by atoms with van der Waals surface area (Å²) >= 11 is 0. The van der Waals surface area contributed by atoms with E-state index in [0.717, 1.165) is 19.6 Å². The smallest absolute Gasteiger partial charge is 0.0599 e. The summed E-state index contributed by atoms with van der Waals surface area (Å²) in [7, 11) is 2.05. The zero-order chi connectivity index (χ0) is 15.0. The topological polar surface area (TPSA) is 15.3 Å². The van der Waals surface area contributed by atoms with E-state index in [9.17, 15) is 0 Å². The van der Waals surface area contributed by atoms with E-state index in [0.29, 0.717) is 18.4 Å². The van der Waals surface area contributed by atoms with E-state index in [2.05, 4.69) is 61.2 Å². The molecule has 0 aliphatic rings. The molecule has 0 saturated carbocycles. The second-order valence-electron chi connectivity index (χ2n) is 6.07. The molecule has 1 atom stereocenters. The average molecular weight is 272 g/mol. The number of hydrogen-bond acceptors (Lipinski definition) is 2. The number of hydrogen-bond donors (Lipinski definition) is 1. The molecule has 0 heterocycles. The molecule has 1 aromatic carbocycles.